The standard InChI is InChI=1S/C22H18FN5O/c1-14-4-2-3-5-18(14)28-19(29)11-10-17(25-28)20-21(15-6-8-16(23)9-7-15)26-27-13-12-24-22(20)27/h2-11,24H,12-13H2,1H3. The van der Waals surface area contributed by atoms with E-state index >= 15 is 0 Å². The van der Waals surface area contributed by atoms with Gasteiger partial charge in [-0.2, -0.15) is 14.9 Å². The fourth-order valence-electron chi connectivity index (χ4n) is 3.65. The first-order valence-electron chi connectivity index (χ1n) is 9.39. The minimum Gasteiger partial charge on any atom is -0.368 e. The smallest absolute Gasteiger partial charge is 0.271 e. The number of anilines is 1. The van der Waals surface area contributed by atoms with Crippen molar-refractivity contribution in [3.05, 3.63) is 82.4 Å². The highest BCUT2D eigenvalue weighted by Gasteiger charge is 2.25. The van der Waals surface area contributed by atoms with Gasteiger partial charge in [-0.15, -0.1) is 0 Å². The number of rotatable bonds is 3. The highest BCUT2D eigenvalue weighted by atomic mass is 19.1. The molecule has 2 aromatic carbocycles. The molecule has 2 aromatic heterocycles. The van der Waals surface area contributed by atoms with E-state index in [9.17, 15) is 9.18 Å². The molecule has 29 heavy (non-hydrogen) atoms. The molecule has 0 aliphatic carbocycles. The number of nitrogens with one attached hydrogen (secondary N) is 1. The summed E-state index contributed by atoms with van der Waals surface area (Å²) in [7, 11) is 0. The van der Waals surface area contributed by atoms with Crippen LogP contribution in [-0.2, 0) is 6.54 Å². The molecule has 1 N–H and O–H groups in total. The predicted octanol–water partition coefficient (Wildman–Crippen LogP) is 3.64. The Balaban J connectivity index is 1.73. The summed E-state index contributed by atoms with van der Waals surface area (Å²) in [5.74, 6) is 0.554. The van der Waals surface area contributed by atoms with Crippen LogP contribution < -0.4 is 10.9 Å². The zero-order chi connectivity index (χ0) is 20.0. The van der Waals surface area contributed by atoms with E-state index in [1.165, 1.54) is 22.9 Å². The van der Waals surface area contributed by atoms with E-state index in [4.69, 9.17) is 5.10 Å². The van der Waals surface area contributed by atoms with Crippen LogP contribution in [0, 0.1) is 12.7 Å². The molecule has 0 radical (unpaired) electrons. The molecular formula is C22H18FN5O. The Labute approximate surface area is 166 Å². The Bertz CT molecular complexity index is 1270. The normalized spacial score (nSPS) is 12.6. The van der Waals surface area contributed by atoms with E-state index in [0.29, 0.717) is 11.4 Å². The van der Waals surface area contributed by atoms with Gasteiger partial charge in [-0.05, 0) is 48.9 Å². The molecule has 0 amide bonds. The maximum absolute atomic E-state index is 13.4. The molecule has 0 saturated heterocycles. The number of fused-ring (bicyclic) bond motifs is 1. The van der Waals surface area contributed by atoms with Crippen LogP contribution in [0.2, 0.25) is 0 Å². The van der Waals surface area contributed by atoms with Crippen molar-refractivity contribution in [2.45, 2.75) is 13.5 Å². The second-order valence-corrected chi connectivity index (χ2v) is 6.98. The van der Waals surface area contributed by atoms with Crippen LogP contribution in [0.25, 0.3) is 28.2 Å². The van der Waals surface area contributed by atoms with Gasteiger partial charge in [0.25, 0.3) is 5.56 Å². The fourth-order valence-corrected chi connectivity index (χ4v) is 3.65. The molecule has 0 bridgehead atoms. The largest absolute Gasteiger partial charge is 0.368 e. The van der Waals surface area contributed by atoms with Crippen LogP contribution >= 0.6 is 0 Å². The van der Waals surface area contributed by atoms with Crippen LogP contribution in [0.3, 0.4) is 0 Å². The molecule has 0 fully saturated rings. The van der Waals surface area contributed by atoms with Gasteiger partial charge in [0.1, 0.15) is 17.3 Å². The van der Waals surface area contributed by atoms with Crippen molar-refractivity contribution in [3.8, 4) is 28.2 Å². The molecule has 1 aliphatic rings. The lowest BCUT2D eigenvalue weighted by molar-refractivity contribution is 0.628. The Morgan fingerprint density at radius 3 is 2.59 bits per heavy atom. The Morgan fingerprint density at radius 2 is 1.79 bits per heavy atom. The van der Waals surface area contributed by atoms with Crippen LogP contribution in [0.4, 0.5) is 10.2 Å². The van der Waals surface area contributed by atoms with Crippen LogP contribution in [0.1, 0.15) is 5.56 Å². The third-order valence-corrected chi connectivity index (χ3v) is 5.09. The second-order valence-electron chi connectivity index (χ2n) is 6.98. The number of hydrogen-bond donors (Lipinski definition) is 1. The summed E-state index contributed by atoms with van der Waals surface area (Å²) in [6.07, 6.45) is 0. The molecule has 4 aromatic rings. The van der Waals surface area contributed by atoms with Gasteiger partial charge in [0.05, 0.1) is 23.5 Å². The third-order valence-electron chi connectivity index (χ3n) is 5.09. The van der Waals surface area contributed by atoms with Gasteiger partial charge in [0, 0.05) is 18.2 Å². The lowest BCUT2D eigenvalue weighted by Crippen LogP contribution is -2.21. The third kappa shape index (κ3) is 2.91. The SMILES string of the molecule is Cc1ccccc1-n1nc(-c2c(-c3ccc(F)cc3)nn3c2NCC3)ccc1=O. The van der Waals surface area contributed by atoms with Crippen molar-refractivity contribution >= 4 is 5.82 Å². The molecule has 5 rings (SSSR count). The van der Waals surface area contributed by atoms with Crippen molar-refractivity contribution < 1.29 is 4.39 Å². The number of hydrogen-bond acceptors (Lipinski definition) is 4. The van der Waals surface area contributed by atoms with Gasteiger partial charge >= 0.3 is 0 Å². The Kier molecular flexibility index (Phi) is 4.01. The first-order valence-corrected chi connectivity index (χ1v) is 9.39. The molecule has 7 heteroatoms. The van der Waals surface area contributed by atoms with E-state index < -0.39 is 0 Å². The minimum atomic E-state index is -0.300. The minimum absolute atomic E-state index is 0.205. The van der Waals surface area contributed by atoms with Gasteiger partial charge in [-0.3, -0.25) is 4.79 Å². The summed E-state index contributed by atoms with van der Waals surface area (Å²) in [5, 5.41) is 12.7. The number of aryl methyl sites for hydroxylation is 1. The van der Waals surface area contributed by atoms with Crippen molar-refractivity contribution in [2.24, 2.45) is 0 Å². The van der Waals surface area contributed by atoms with E-state index in [1.807, 2.05) is 35.9 Å². The molecule has 1 aliphatic heterocycles. The summed E-state index contributed by atoms with van der Waals surface area (Å²) < 4.78 is 16.7. The van der Waals surface area contributed by atoms with E-state index in [2.05, 4.69) is 10.4 Å². The maximum Gasteiger partial charge on any atom is 0.271 e. The fraction of sp³-hybridized carbons (Fsp3) is 0.136. The average molecular weight is 387 g/mol. The summed E-state index contributed by atoms with van der Waals surface area (Å²) in [5.41, 5.74) is 4.41. The summed E-state index contributed by atoms with van der Waals surface area (Å²) >= 11 is 0. The predicted molar refractivity (Wildman–Crippen MR) is 110 cm³/mol. The quantitative estimate of drug-likeness (QED) is 0.583. The highest BCUT2D eigenvalue weighted by Crippen LogP contribution is 2.38. The summed E-state index contributed by atoms with van der Waals surface area (Å²) in [6, 6.07) is 17.1. The zero-order valence-corrected chi connectivity index (χ0v) is 15.8. The summed E-state index contributed by atoms with van der Waals surface area (Å²) in [4.78, 5) is 12.5. The van der Waals surface area contributed by atoms with Gasteiger partial charge in [-0.1, -0.05) is 18.2 Å². The number of aromatic nitrogens is 4. The van der Waals surface area contributed by atoms with Gasteiger partial charge < -0.3 is 5.32 Å². The molecule has 6 nitrogen and oxygen atoms in total. The van der Waals surface area contributed by atoms with E-state index in [0.717, 1.165) is 41.3 Å². The summed E-state index contributed by atoms with van der Waals surface area (Å²) in [6.45, 7) is 3.46. The van der Waals surface area contributed by atoms with Crippen LogP contribution in [-0.4, -0.2) is 26.1 Å². The first kappa shape index (κ1) is 17.4. The van der Waals surface area contributed by atoms with Crippen LogP contribution in [0.5, 0.6) is 0 Å². The number of benzene rings is 2. The highest BCUT2D eigenvalue weighted by molar-refractivity contribution is 5.87. The van der Waals surface area contributed by atoms with E-state index in [-0.39, 0.29) is 11.4 Å². The van der Waals surface area contributed by atoms with Crippen molar-refractivity contribution in [3.63, 3.8) is 0 Å². The Hall–Kier alpha value is -3.74. The molecular weight excluding hydrogens is 369 g/mol. The topological polar surface area (TPSA) is 64.7 Å². The number of halogens is 1. The monoisotopic (exact) mass is 387 g/mol. The van der Waals surface area contributed by atoms with Crippen LogP contribution in [0.15, 0.2) is 65.5 Å². The number of nitrogens with zero attached hydrogens (tertiary/aromatic N) is 4. The molecule has 3 heterocycles. The van der Waals surface area contributed by atoms with Crippen molar-refractivity contribution in [2.75, 3.05) is 11.9 Å². The number of para-hydroxylation sites is 1. The van der Waals surface area contributed by atoms with Crippen molar-refractivity contribution in [1.29, 1.82) is 0 Å². The van der Waals surface area contributed by atoms with Gasteiger partial charge in [0.2, 0.25) is 0 Å². The molecule has 0 unspecified atom stereocenters. The zero-order valence-electron chi connectivity index (χ0n) is 15.8. The molecule has 0 atom stereocenters. The van der Waals surface area contributed by atoms with Crippen molar-refractivity contribution in [1.82, 2.24) is 19.6 Å². The van der Waals surface area contributed by atoms with Gasteiger partial charge in [-0.25, -0.2) is 9.07 Å². The lowest BCUT2D eigenvalue weighted by Gasteiger charge is -2.11. The average Bonchev–Trinajstić information content (AvgIpc) is 3.31. The maximum atomic E-state index is 13.4. The molecule has 0 saturated carbocycles. The Morgan fingerprint density at radius 1 is 1.00 bits per heavy atom. The first-order chi connectivity index (χ1) is 14.1. The van der Waals surface area contributed by atoms with Gasteiger partial charge in [0.15, 0.2) is 0 Å². The second kappa shape index (κ2) is 6.70. The lowest BCUT2D eigenvalue weighted by atomic mass is 10.0. The molecule has 144 valence electrons. The molecule has 0 spiro atoms. The van der Waals surface area contributed by atoms with E-state index in [1.54, 1.807) is 18.2 Å².